The minimum Gasteiger partial charge on any atom is -0.435 e. The van der Waals surface area contributed by atoms with E-state index in [0.717, 1.165) is 29.8 Å². The number of aryl methyl sites for hydroxylation is 1. The number of nitrogens with zero attached hydrogens (tertiary/aromatic N) is 1. The van der Waals surface area contributed by atoms with E-state index in [9.17, 15) is 8.78 Å². The Morgan fingerprint density at radius 1 is 1.41 bits per heavy atom. The Balaban J connectivity index is 2.86. The number of hydrogen-bond acceptors (Lipinski definition) is 2. The van der Waals surface area contributed by atoms with Crippen LogP contribution in [0.2, 0.25) is 0 Å². The molecule has 0 saturated heterocycles. The van der Waals surface area contributed by atoms with E-state index in [1.807, 2.05) is 13.8 Å². The van der Waals surface area contributed by atoms with Gasteiger partial charge in [-0.05, 0) is 44.0 Å². The molecule has 0 amide bonds. The lowest BCUT2D eigenvalue weighted by Gasteiger charge is -2.07. The third-order valence-corrected chi connectivity index (χ3v) is 2.32. The smallest absolute Gasteiger partial charge is 0.387 e. The highest BCUT2D eigenvalue weighted by molar-refractivity contribution is 5.84. The topological polar surface area (TPSA) is 21.6 Å². The van der Waals surface area contributed by atoms with Gasteiger partial charge in [-0.2, -0.15) is 8.78 Å². The summed E-state index contributed by atoms with van der Waals surface area (Å²) in [6, 6.07) is 4.79. The Morgan fingerprint density at radius 2 is 2.12 bits per heavy atom. The van der Waals surface area contributed by atoms with Crippen LogP contribution in [0.25, 0.3) is 0 Å². The molecular formula is C13H17F2NO. The Bertz CT molecular complexity index is 402. The lowest BCUT2D eigenvalue weighted by Crippen LogP contribution is -2.01. The predicted octanol–water partition coefficient (Wildman–Crippen LogP) is 4.49. The molecular weight excluding hydrogens is 224 g/mol. The van der Waals surface area contributed by atoms with Crippen LogP contribution in [-0.4, -0.2) is 12.3 Å². The third-order valence-electron chi connectivity index (χ3n) is 2.32. The molecule has 1 aromatic carbocycles. The second-order valence-corrected chi connectivity index (χ2v) is 3.92. The van der Waals surface area contributed by atoms with E-state index < -0.39 is 6.61 Å². The van der Waals surface area contributed by atoms with Crippen molar-refractivity contribution >= 4 is 11.4 Å². The van der Waals surface area contributed by atoms with Gasteiger partial charge in [-0.1, -0.05) is 13.3 Å². The molecule has 1 rings (SSSR count). The first-order valence-corrected chi connectivity index (χ1v) is 5.62. The number of hydrogen-bond donors (Lipinski definition) is 0. The van der Waals surface area contributed by atoms with Crippen LogP contribution in [-0.2, 0) is 0 Å². The van der Waals surface area contributed by atoms with E-state index >= 15 is 0 Å². The lowest BCUT2D eigenvalue weighted by molar-refractivity contribution is -0.0498. The minimum atomic E-state index is -2.79. The largest absolute Gasteiger partial charge is 0.435 e. The molecule has 1 aromatic rings. The van der Waals surface area contributed by atoms with Gasteiger partial charge >= 0.3 is 6.61 Å². The second-order valence-electron chi connectivity index (χ2n) is 3.92. The third kappa shape index (κ3) is 4.51. The molecule has 0 fully saturated rings. The monoisotopic (exact) mass is 241 g/mol. The van der Waals surface area contributed by atoms with Gasteiger partial charge in [-0.15, -0.1) is 0 Å². The fraction of sp³-hybridized carbons (Fsp3) is 0.462. The molecule has 0 bridgehead atoms. The summed E-state index contributed by atoms with van der Waals surface area (Å²) in [6.45, 7) is 3.10. The van der Waals surface area contributed by atoms with Crippen LogP contribution < -0.4 is 4.74 Å². The van der Waals surface area contributed by atoms with Gasteiger partial charge in [0.2, 0.25) is 0 Å². The van der Waals surface area contributed by atoms with E-state index in [4.69, 9.17) is 0 Å². The number of halogens is 2. The summed E-state index contributed by atoms with van der Waals surface area (Å²) in [5.74, 6) is 0.171. The number of benzene rings is 1. The van der Waals surface area contributed by atoms with E-state index in [1.165, 1.54) is 6.07 Å². The average molecular weight is 241 g/mol. The van der Waals surface area contributed by atoms with Crippen molar-refractivity contribution in [1.29, 1.82) is 0 Å². The molecule has 0 unspecified atom stereocenters. The van der Waals surface area contributed by atoms with Crippen molar-refractivity contribution in [2.75, 3.05) is 0 Å². The SMILES string of the molecule is CCCC(C)=Nc1ccc(OC(F)F)cc1C. The van der Waals surface area contributed by atoms with Crippen molar-refractivity contribution in [2.24, 2.45) is 4.99 Å². The van der Waals surface area contributed by atoms with Crippen molar-refractivity contribution in [3.63, 3.8) is 0 Å². The number of ether oxygens (including phenoxy) is 1. The number of aliphatic imine (C=N–C) groups is 1. The van der Waals surface area contributed by atoms with Crippen molar-refractivity contribution in [3.05, 3.63) is 23.8 Å². The van der Waals surface area contributed by atoms with Crippen LogP contribution in [0, 0.1) is 6.92 Å². The van der Waals surface area contributed by atoms with Gasteiger partial charge in [0, 0.05) is 5.71 Å². The molecule has 0 aliphatic heterocycles. The van der Waals surface area contributed by atoms with Crippen molar-refractivity contribution in [1.82, 2.24) is 0 Å². The van der Waals surface area contributed by atoms with Gasteiger partial charge in [0.1, 0.15) is 5.75 Å². The molecule has 0 spiro atoms. The standard InChI is InChI=1S/C13H17F2NO/c1-4-5-10(3)16-12-7-6-11(8-9(12)2)17-13(14)15/h6-8,13H,4-5H2,1-3H3. The Labute approximate surface area is 100 Å². The highest BCUT2D eigenvalue weighted by atomic mass is 19.3. The molecule has 0 saturated carbocycles. The zero-order valence-corrected chi connectivity index (χ0v) is 10.3. The van der Waals surface area contributed by atoms with E-state index in [1.54, 1.807) is 12.1 Å². The molecule has 0 radical (unpaired) electrons. The summed E-state index contributed by atoms with van der Waals surface area (Å²) in [4.78, 5) is 4.44. The first-order chi connectivity index (χ1) is 8.02. The van der Waals surface area contributed by atoms with Crippen LogP contribution >= 0.6 is 0 Å². The highest BCUT2D eigenvalue weighted by Gasteiger charge is 2.06. The summed E-state index contributed by atoms with van der Waals surface area (Å²) >= 11 is 0. The van der Waals surface area contributed by atoms with Gasteiger partial charge in [-0.25, -0.2) is 0 Å². The van der Waals surface area contributed by atoms with Crippen LogP contribution in [0.15, 0.2) is 23.2 Å². The van der Waals surface area contributed by atoms with Gasteiger partial charge in [0.15, 0.2) is 0 Å². The van der Waals surface area contributed by atoms with Crippen LogP contribution in [0.4, 0.5) is 14.5 Å². The highest BCUT2D eigenvalue weighted by Crippen LogP contribution is 2.25. The molecule has 0 heterocycles. The maximum absolute atomic E-state index is 12.0. The van der Waals surface area contributed by atoms with Crippen LogP contribution in [0.1, 0.15) is 32.3 Å². The molecule has 17 heavy (non-hydrogen) atoms. The van der Waals surface area contributed by atoms with Crippen molar-refractivity contribution in [3.8, 4) is 5.75 Å². The summed E-state index contributed by atoms with van der Waals surface area (Å²) in [5.41, 5.74) is 2.68. The fourth-order valence-electron chi connectivity index (χ4n) is 1.55. The number of rotatable bonds is 5. The van der Waals surface area contributed by atoms with Gasteiger partial charge in [-0.3, -0.25) is 4.99 Å². The zero-order chi connectivity index (χ0) is 12.8. The van der Waals surface area contributed by atoms with Crippen molar-refractivity contribution < 1.29 is 13.5 Å². The number of alkyl halides is 2. The molecule has 0 aromatic heterocycles. The van der Waals surface area contributed by atoms with Crippen molar-refractivity contribution in [2.45, 2.75) is 40.2 Å². The van der Waals surface area contributed by atoms with E-state index in [0.29, 0.717) is 0 Å². The first kappa shape index (κ1) is 13.6. The minimum absolute atomic E-state index is 0.171. The Hall–Kier alpha value is -1.45. The van der Waals surface area contributed by atoms with Crippen LogP contribution in [0.3, 0.4) is 0 Å². The molecule has 2 nitrogen and oxygen atoms in total. The molecule has 0 atom stereocenters. The Morgan fingerprint density at radius 3 is 2.65 bits per heavy atom. The van der Waals surface area contributed by atoms with E-state index in [-0.39, 0.29) is 5.75 Å². The van der Waals surface area contributed by atoms with Gasteiger partial charge in [0.05, 0.1) is 5.69 Å². The second kappa shape index (κ2) is 6.33. The summed E-state index contributed by atoms with van der Waals surface area (Å²) in [5, 5.41) is 0. The Kier molecular flexibility index (Phi) is 5.07. The van der Waals surface area contributed by atoms with E-state index in [2.05, 4.69) is 16.7 Å². The fourth-order valence-corrected chi connectivity index (χ4v) is 1.55. The summed E-state index contributed by atoms with van der Waals surface area (Å²) in [6.07, 6.45) is 1.98. The maximum atomic E-state index is 12.0. The first-order valence-electron chi connectivity index (χ1n) is 5.62. The normalized spacial score (nSPS) is 12.0. The molecule has 4 heteroatoms. The summed E-state index contributed by atoms with van der Waals surface area (Å²) < 4.78 is 28.3. The average Bonchev–Trinajstić information content (AvgIpc) is 2.21. The molecule has 0 aliphatic carbocycles. The molecule has 94 valence electrons. The lowest BCUT2D eigenvalue weighted by atomic mass is 10.2. The quantitative estimate of drug-likeness (QED) is 0.696. The van der Waals surface area contributed by atoms with Gasteiger partial charge in [0.25, 0.3) is 0 Å². The maximum Gasteiger partial charge on any atom is 0.387 e. The van der Waals surface area contributed by atoms with Crippen LogP contribution in [0.5, 0.6) is 5.75 Å². The molecule has 0 aliphatic rings. The molecule has 0 N–H and O–H groups in total. The predicted molar refractivity (Wildman–Crippen MR) is 65.5 cm³/mol. The zero-order valence-electron chi connectivity index (χ0n) is 10.3. The summed E-state index contributed by atoms with van der Waals surface area (Å²) in [7, 11) is 0. The van der Waals surface area contributed by atoms with Gasteiger partial charge < -0.3 is 4.74 Å².